The van der Waals surface area contributed by atoms with Crippen molar-refractivity contribution in [1.82, 2.24) is 19.4 Å². The van der Waals surface area contributed by atoms with Crippen LogP contribution in [0.2, 0.25) is 0 Å². The summed E-state index contributed by atoms with van der Waals surface area (Å²) in [6, 6.07) is 8.61. The summed E-state index contributed by atoms with van der Waals surface area (Å²) in [5.41, 5.74) is 1.19. The normalized spacial score (nSPS) is 22.5. The molecule has 0 saturated carbocycles. The number of hydrogen-bond acceptors (Lipinski definition) is 5. The molecule has 1 atom stereocenters. The van der Waals surface area contributed by atoms with E-state index in [9.17, 15) is 13.2 Å². The quantitative estimate of drug-likeness (QED) is 0.816. The summed E-state index contributed by atoms with van der Waals surface area (Å²) in [5, 5.41) is 7.34. The summed E-state index contributed by atoms with van der Waals surface area (Å²) in [4.78, 5) is 14.7. The fraction of sp³-hybridized carbons (Fsp3) is 0.412. The SMILES string of the molecule is Cn1nccc1C(=O)N1CCC([C@H]2Nc3ccccc3S(=O)(=O)N2)CC1. The molecule has 1 saturated heterocycles. The van der Waals surface area contributed by atoms with Crippen LogP contribution in [0.4, 0.5) is 5.69 Å². The predicted molar refractivity (Wildman–Crippen MR) is 96.0 cm³/mol. The van der Waals surface area contributed by atoms with Crippen LogP contribution in [0.25, 0.3) is 0 Å². The number of nitrogens with one attached hydrogen (secondary N) is 2. The minimum absolute atomic E-state index is 0.0361. The van der Waals surface area contributed by atoms with Gasteiger partial charge in [-0.2, -0.15) is 9.82 Å². The van der Waals surface area contributed by atoms with Crippen LogP contribution in [-0.2, 0) is 17.1 Å². The zero-order chi connectivity index (χ0) is 18.3. The van der Waals surface area contributed by atoms with Crippen LogP contribution in [0.15, 0.2) is 41.4 Å². The Morgan fingerprint density at radius 2 is 1.92 bits per heavy atom. The second-order valence-electron chi connectivity index (χ2n) is 6.71. The van der Waals surface area contributed by atoms with Gasteiger partial charge in [0, 0.05) is 26.3 Å². The van der Waals surface area contributed by atoms with Crippen LogP contribution in [-0.4, -0.2) is 48.3 Å². The summed E-state index contributed by atoms with van der Waals surface area (Å²) in [5.74, 6) is 0.0831. The van der Waals surface area contributed by atoms with E-state index in [1.165, 1.54) is 0 Å². The van der Waals surface area contributed by atoms with E-state index < -0.39 is 10.0 Å². The lowest BCUT2D eigenvalue weighted by Crippen LogP contribution is -2.52. The third kappa shape index (κ3) is 2.97. The molecule has 2 N–H and O–H groups in total. The predicted octanol–water partition coefficient (Wildman–Crippen LogP) is 1.00. The first-order valence-corrected chi connectivity index (χ1v) is 10.1. The van der Waals surface area contributed by atoms with Crippen LogP contribution in [0.3, 0.4) is 0 Å². The topological polar surface area (TPSA) is 96.3 Å². The molecule has 26 heavy (non-hydrogen) atoms. The fourth-order valence-electron chi connectivity index (χ4n) is 3.64. The molecule has 1 aromatic heterocycles. The van der Waals surface area contributed by atoms with Crippen molar-refractivity contribution in [2.45, 2.75) is 23.9 Å². The summed E-state index contributed by atoms with van der Waals surface area (Å²) in [6.07, 6.45) is 2.71. The summed E-state index contributed by atoms with van der Waals surface area (Å²) in [6.45, 7) is 1.19. The Labute approximate surface area is 152 Å². The average Bonchev–Trinajstić information content (AvgIpc) is 3.07. The van der Waals surface area contributed by atoms with Gasteiger partial charge in [0.25, 0.3) is 5.91 Å². The van der Waals surface area contributed by atoms with Gasteiger partial charge in [0.05, 0.1) is 11.9 Å². The second kappa shape index (κ2) is 6.40. The van der Waals surface area contributed by atoms with Crippen molar-refractivity contribution in [2.24, 2.45) is 13.0 Å². The standard InChI is InChI=1S/C17H21N5O3S/c1-21-14(6-9-18-21)17(23)22-10-7-12(8-11-22)16-19-13-4-2-3-5-15(13)26(24,25)20-16/h2-6,9,12,16,19-20H,7-8,10-11H2,1H3/t16-/m0/s1. The van der Waals surface area contributed by atoms with E-state index in [4.69, 9.17) is 0 Å². The number of carbonyl (C=O) groups excluding carboxylic acids is 1. The Hall–Kier alpha value is -2.39. The molecule has 8 nitrogen and oxygen atoms in total. The molecule has 0 unspecified atom stereocenters. The van der Waals surface area contributed by atoms with Crippen molar-refractivity contribution >= 4 is 21.6 Å². The molecule has 0 aliphatic carbocycles. The maximum Gasteiger partial charge on any atom is 0.272 e. The van der Waals surface area contributed by atoms with E-state index in [2.05, 4.69) is 15.1 Å². The first-order valence-electron chi connectivity index (χ1n) is 8.61. The highest BCUT2D eigenvalue weighted by atomic mass is 32.2. The molecule has 2 aliphatic rings. The number of para-hydroxylation sites is 1. The van der Waals surface area contributed by atoms with E-state index in [1.54, 1.807) is 47.1 Å². The number of aromatic nitrogens is 2. The number of anilines is 1. The zero-order valence-electron chi connectivity index (χ0n) is 14.4. The number of hydrogen-bond donors (Lipinski definition) is 2. The van der Waals surface area contributed by atoms with Crippen molar-refractivity contribution < 1.29 is 13.2 Å². The molecule has 3 heterocycles. The van der Waals surface area contributed by atoms with Crippen LogP contribution in [0, 0.1) is 5.92 Å². The molecule has 2 aliphatic heterocycles. The number of nitrogens with zero attached hydrogens (tertiary/aromatic N) is 3. The Morgan fingerprint density at radius 3 is 2.62 bits per heavy atom. The molecular formula is C17H21N5O3S. The number of sulfonamides is 1. The Balaban J connectivity index is 1.44. The number of rotatable bonds is 2. The van der Waals surface area contributed by atoms with E-state index in [0.717, 1.165) is 12.8 Å². The van der Waals surface area contributed by atoms with Gasteiger partial charge in [-0.05, 0) is 37.0 Å². The van der Waals surface area contributed by atoms with Crippen LogP contribution in [0.1, 0.15) is 23.3 Å². The number of benzene rings is 1. The molecule has 1 amide bonds. The number of amides is 1. The third-order valence-electron chi connectivity index (χ3n) is 5.11. The van der Waals surface area contributed by atoms with Gasteiger partial charge in [-0.1, -0.05) is 12.1 Å². The maximum atomic E-state index is 12.6. The van der Waals surface area contributed by atoms with E-state index in [1.807, 2.05) is 6.07 Å². The van der Waals surface area contributed by atoms with Crippen molar-refractivity contribution in [3.63, 3.8) is 0 Å². The van der Waals surface area contributed by atoms with Gasteiger partial charge in [-0.25, -0.2) is 8.42 Å². The summed E-state index contributed by atoms with van der Waals surface area (Å²) >= 11 is 0. The largest absolute Gasteiger partial charge is 0.368 e. The van der Waals surface area contributed by atoms with Gasteiger partial charge in [0.15, 0.2) is 0 Å². The minimum Gasteiger partial charge on any atom is -0.368 e. The van der Waals surface area contributed by atoms with Crippen molar-refractivity contribution in [3.05, 3.63) is 42.2 Å². The number of aryl methyl sites for hydroxylation is 1. The fourth-order valence-corrected chi connectivity index (χ4v) is 5.03. The molecule has 1 aromatic carbocycles. The van der Waals surface area contributed by atoms with Gasteiger partial charge in [0.2, 0.25) is 10.0 Å². The molecule has 0 spiro atoms. The highest BCUT2D eigenvalue weighted by molar-refractivity contribution is 7.89. The lowest BCUT2D eigenvalue weighted by molar-refractivity contribution is 0.0668. The monoisotopic (exact) mass is 375 g/mol. The smallest absolute Gasteiger partial charge is 0.272 e. The minimum atomic E-state index is -3.52. The van der Waals surface area contributed by atoms with Crippen LogP contribution < -0.4 is 10.0 Å². The van der Waals surface area contributed by atoms with E-state index in [-0.39, 0.29) is 22.9 Å². The molecule has 4 rings (SSSR count). The Kier molecular flexibility index (Phi) is 4.20. The number of piperidine rings is 1. The zero-order valence-corrected chi connectivity index (χ0v) is 15.2. The lowest BCUT2D eigenvalue weighted by Gasteiger charge is -2.38. The van der Waals surface area contributed by atoms with Gasteiger partial charge >= 0.3 is 0 Å². The van der Waals surface area contributed by atoms with Crippen molar-refractivity contribution in [3.8, 4) is 0 Å². The second-order valence-corrected chi connectivity index (χ2v) is 8.39. The summed E-state index contributed by atoms with van der Waals surface area (Å²) < 4.78 is 29.2. The Bertz CT molecular complexity index is 931. The van der Waals surface area contributed by atoms with E-state index in [0.29, 0.717) is 24.5 Å². The number of likely N-dealkylation sites (tertiary alicyclic amines) is 1. The van der Waals surface area contributed by atoms with E-state index >= 15 is 0 Å². The maximum absolute atomic E-state index is 12.6. The average molecular weight is 375 g/mol. The highest BCUT2D eigenvalue weighted by Gasteiger charge is 2.36. The van der Waals surface area contributed by atoms with Gasteiger partial charge in [-0.3, -0.25) is 9.48 Å². The Morgan fingerprint density at radius 1 is 1.19 bits per heavy atom. The summed E-state index contributed by atoms with van der Waals surface area (Å²) in [7, 11) is -1.77. The first-order chi connectivity index (χ1) is 12.5. The molecule has 1 fully saturated rings. The van der Waals surface area contributed by atoms with Gasteiger partial charge in [-0.15, -0.1) is 0 Å². The molecule has 9 heteroatoms. The first kappa shape index (κ1) is 17.0. The molecule has 0 radical (unpaired) electrons. The number of fused-ring (bicyclic) bond motifs is 1. The van der Waals surface area contributed by atoms with Gasteiger partial charge < -0.3 is 10.2 Å². The van der Waals surface area contributed by atoms with Crippen LogP contribution >= 0.6 is 0 Å². The molecule has 138 valence electrons. The lowest BCUT2D eigenvalue weighted by atomic mass is 9.93. The van der Waals surface area contributed by atoms with Crippen molar-refractivity contribution in [1.29, 1.82) is 0 Å². The molecular weight excluding hydrogens is 354 g/mol. The van der Waals surface area contributed by atoms with Gasteiger partial charge in [0.1, 0.15) is 10.6 Å². The highest BCUT2D eigenvalue weighted by Crippen LogP contribution is 2.30. The van der Waals surface area contributed by atoms with Crippen molar-refractivity contribution in [2.75, 3.05) is 18.4 Å². The third-order valence-corrected chi connectivity index (χ3v) is 6.61. The number of carbonyl (C=O) groups is 1. The molecule has 0 bridgehead atoms. The molecule has 2 aromatic rings. The van der Waals surface area contributed by atoms with Crippen LogP contribution in [0.5, 0.6) is 0 Å².